The number of para-hydroxylation sites is 1. The maximum absolute atomic E-state index is 12.6. The summed E-state index contributed by atoms with van der Waals surface area (Å²) in [6, 6.07) is 12.3. The van der Waals surface area contributed by atoms with Gasteiger partial charge in [-0.2, -0.15) is 8.78 Å². The third-order valence-electron chi connectivity index (χ3n) is 3.54. The summed E-state index contributed by atoms with van der Waals surface area (Å²) in [5, 5.41) is 3.58. The molecule has 1 aromatic heterocycles. The second kappa shape index (κ2) is 7.05. The van der Waals surface area contributed by atoms with E-state index in [0.717, 1.165) is 22.1 Å². The van der Waals surface area contributed by atoms with E-state index < -0.39 is 5.76 Å². The normalized spacial score (nSPS) is 11.2. The van der Waals surface area contributed by atoms with Gasteiger partial charge in [0.25, 0.3) is 5.76 Å². The predicted octanol–water partition coefficient (Wildman–Crippen LogP) is 5.24. The van der Waals surface area contributed by atoms with E-state index in [4.69, 9.17) is 4.42 Å². The van der Waals surface area contributed by atoms with E-state index >= 15 is 0 Å². The molecule has 0 bridgehead atoms. The van der Waals surface area contributed by atoms with Crippen LogP contribution in [-0.2, 0) is 11.2 Å². The zero-order valence-corrected chi connectivity index (χ0v) is 13.7. The van der Waals surface area contributed by atoms with Crippen molar-refractivity contribution >= 4 is 34.3 Å². The summed E-state index contributed by atoms with van der Waals surface area (Å²) in [6.45, 7) is 1.96. The summed E-state index contributed by atoms with van der Waals surface area (Å²) in [6.07, 6.45) is 1.67. The molecule has 0 saturated carbocycles. The van der Waals surface area contributed by atoms with Crippen molar-refractivity contribution in [2.75, 3.05) is 5.32 Å². The highest BCUT2D eigenvalue weighted by Gasteiger charge is 2.14. The number of carbonyl (C=O) groups excluding carboxylic acids is 1. The van der Waals surface area contributed by atoms with E-state index in [1.165, 1.54) is 0 Å². The Morgan fingerprint density at radius 2 is 2.04 bits per heavy atom. The van der Waals surface area contributed by atoms with Crippen LogP contribution in [0.3, 0.4) is 0 Å². The summed E-state index contributed by atoms with van der Waals surface area (Å²) in [4.78, 5) is 12.6. The van der Waals surface area contributed by atoms with Crippen molar-refractivity contribution in [1.29, 1.82) is 0 Å². The standard InChI is InChI=1S/C18H15F2NO2S/c1-11-6-7-13-12(10-23-15(13)8-11)9-17(22)21-14-4-2-3-5-16(14)24-18(19)20/h2-8,10,18H,9H2,1H3,(H,21,22). The van der Waals surface area contributed by atoms with Crippen molar-refractivity contribution in [2.45, 2.75) is 24.0 Å². The summed E-state index contributed by atoms with van der Waals surface area (Å²) >= 11 is 0.413. The molecule has 0 aliphatic carbocycles. The molecule has 124 valence electrons. The van der Waals surface area contributed by atoms with Crippen molar-refractivity contribution in [3.63, 3.8) is 0 Å². The van der Waals surface area contributed by atoms with Crippen molar-refractivity contribution in [3.8, 4) is 0 Å². The van der Waals surface area contributed by atoms with Crippen LogP contribution in [0.5, 0.6) is 0 Å². The second-order valence-corrected chi connectivity index (χ2v) is 6.39. The van der Waals surface area contributed by atoms with Crippen molar-refractivity contribution in [2.24, 2.45) is 0 Å². The molecule has 6 heteroatoms. The van der Waals surface area contributed by atoms with Gasteiger partial charge in [0.05, 0.1) is 18.4 Å². The number of thioether (sulfide) groups is 1. The monoisotopic (exact) mass is 347 g/mol. The Morgan fingerprint density at radius 3 is 2.83 bits per heavy atom. The maximum Gasteiger partial charge on any atom is 0.288 e. The van der Waals surface area contributed by atoms with Gasteiger partial charge in [-0.3, -0.25) is 4.79 Å². The number of carbonyl (C=O) groups is 1. The number of aryl methyl sites for hydroxylation is 1. The molecule has 0 atom stereocenters. The molecule has 0 aliphatic rings. The lowest BCUT2D eigenvalue weighted by Gasteiger charge is -2.10. The number of hydrogen-bond acceptors (Lipinski definition) is 3. The zero-order valence-electron chi connectivity index (χ0n) is 12.9. The molecule has 0 unspecified atom stereocenters. The molecule has 24 heavy (non-hydrogen) atoms. The molecule has 1 N–H and O–H groups in total. The molecule has 3 nitrogen and oxygen atoms in total. The van der Waals surface area contributed by atoms with E-state index in [9.17, 15) is 13.6 Å². The summed E-state index contributed by atoms with van der Waals surface area (Å²) in [7, 11) is 0. The highest BCUT2D eigenvalue weighted by molar-refractivity contribution is 7.99. The highest BCUT2D eigenvalue weighted by Crippen LogP contribution is 2.32. The number of anilines is 1. The van der Waals surface area contributed by atoms with Gasteiger partial charge in [-0.15, -0.1) is 0 Å². The van der Waals surface area contributed by atoms with Crippen LogP contribution in [0.15, 0.2) is 58.0 Å². The second-order valence-electron chi connectivity index (χ2n) is 5.36. The number of fused-ring (bicyclic) bond motifs is 1. The van der Waals surface area contributed by atoms with Crippen LogP contribution in [0.1, 0.15) is 11.1 Å². The average Bonchev–Trinajstić information content (AvgIpc) is 2.90. The molecule has 0 aliphatic heterocycles. The first-order valence-electron chi connectivity index (χ1n) is 7.33. The fourth-order valence-electron chi connectivity index (χ4n) is 2.46. The Hall–Kier alpha value is -2.34. The van der Waals surface area contributed by atoms with Gasteiger partial charge in [-0.25, -0.2) is 0 Å². The maximum atomic E-state index is 12.6. The summed E-state index contributed by atoms with van der Waals surface area (Å²) < 4.78 is 30.7. The van der Waals surface area contributed by atoms with Crippen molar-refractivity contribution in [1.82, 2.24) is 0 Å². The fourth-order valence-corrected chi connectivity index (χ4v) is 3.06. The van der Waals surface area contributed by atoms with Crippen molar-refractivity contribution < 1.29 is 18.0 Å². The van der Waals surface area contributed by atoms with Gasteiger partial charge in [0, 0.05) is 15.8 Å². The van der Waals surface area contributed by atoms with E-state index in [0.29, 0.717) is 22.3 Å². The smallest absolute Gasteiger partial charge is 0.288 e. The SMILES string of the molecule is Cc1ccc2c(CC(=O)Nc3ccccc3SC(F)F)coc2c1. The van der Waals surface area contributed by atoms with Crippen LogP contribution in [0, 0.1) is 6.92 Å². The third-order valence-corrected chi connectivity index (χ3v) is 4.33. The molecule has 0 spiro atoms. The number of furan rings is 1. The highest BCUT2D eigenvalue weighted by atomic mass is 32.2. The Balaban J connectivity index is 1.76. The van der Waals surface area contributed by atoms with Crippen LogP contribution in [0.25, 0.3) is 11.0 Å². The fraction of sp³-hybridized carbons (Fsp3) is 0.167. The van der Waals surface area contributed by atoms with Crippen LogP contribution >= 0.6 is 11.8 Å². The molecular weight excluding hydrogens is 332 g/mol. The first-order valence-corrected chi connectivity index (χ1v) is 8.21. The lowest BCUT2D eigenvalue weighted by atomic mass is 10.1. The van der Waals surface area contributed by atoms with E-state index in [1.54, 1.807) is 30.5 Å². The number of benzene rings is 2. The first-order chi connectivity index (χ1) is 11.5. The van der Waals surface area contributed by atoms with E-state index in [1.807, 2.05) is 25.1 Å². The van der Waals surface area contributed by atoms with Gasteiger partial charge in [0.1, 0.15) is 5.58 Å². The number of nitrogens with one attached hydrogen (secondary N) is 1. The lowest BCUT2D eigenvalue weighted by Crippen LogP contribution is -2.14. The van der Waals surface area contributed by atoms with Gasteiger partial charge in [0.15, 0.2) is 0 Å². The quantitative estimate of drug-likeness (QED) is 0.642. The number of rotatable bonds is 5. The van der Waals surface area contributed by atoms with Crippen molar-refractivity contribution in [3.05, 3.63) is 59.9 Å². The Labute approximate surface area is 142 Å². The number of amides is 1. The zero-order chi connectivity index (χ0) is 17.1. The Kier molecular flexibility index (Phi) is 4.85. The number of halogens is 2. The van der Waals surface area contributed by atoms with Gasteiger partial charge in [-0.05, 0) is 30.7 Å². The minimum atomic E-state index is -2.54. The Bertz CT molecular complexity index is 876. The average molecular weight is 347 g/mol. The molecular formula is C18H15F2NO2S. The third kappa shape index (κ3) is 3.76. The minimum Gasteiger partial charge on any atom is -0.464 e. The minimum absolute atomic E-state index is 0.115. The van der Waals surface area contributed by atoms with E-state index in [2.05, 4.69) is 5.32 Å². The molecule has 3 rings (SSSR count). The van der Waals surface area contributed by atoms with Gasteiger partial charge in [-0.1, -0.05) is 36.0 Å². The van der Waals surface area contributed by atoms with Crippen LogP contribution < -0.4 is 5.32 Å². The molecule has 2 aromatic carbocycles. The predicted molar refractivity (Wildman–Crippen MR) is 91.6 cm³/mol. The summed E-state index contributed by atoms with van der Waals surface area (Å²) in [5.74, 6) is -2.82. The van der Waals surface area contributed by atoms with Gasteiger partial charge in [0.2, 0.25) is 5.91 Å². The molecule has 0 saturated heterocycles. The lowest BCUT2D eigenvalue weighted by molar-refractivity contribution is -0.115. The Morgan fingerprint density at radius 1 is 1.25 bits per heavy atom. The van der Waals surface area contributed by atoms with Crippen LogP contribution in [0.4, 0.5) is 14.5 Å². The van der Waals surface area contributed by atoms with Crippen LogP contribution in [-0.4, -0.2) is 11.7 Å². The number of hydrogen-bond donors (Lipinski definition) is 1. The number of alkyl halides is 2. The molecule has 0 radical (unpaired) electrons. The first kappa shape index (κ1) is 16.5. The summed E-state index contributed by atoms with van der Waals surface area (Å²) in [5.41, 5.74) is 2.95. The van der Waals surface area contributed by atoms with Gasteiger partial charge >= 0.3 is 0 Å². The molecule has 1 amide bonds. The van der Waals surface area contributed by atoms with E-state index in [-0.39, 0.29) is 12.3 Å². The largest absolute Gasteiger partial charge is 0.464 e. The van der Waals surface area contributed by atoms with Gasteiger partial charge < -0.3 is 9.73 Å². The molecule has 0 fully saturated rings. The van der Waals surface area contributed by atoms with Crippen LogP contribution in [0.2, 0.25) is 0 Å². The molecule has 1 heterocycles. The topological polar surface area (TPSA) is 42.2 Å². The molecule has 3 aromatic rings.